The maximum atomic E-state index is 12.0. The van der Waals surface area contributed by atoms with Crippen molar-refractivity contribution in [2.75, 3.05) is 20.3 Å². The van der Waals surface area contributed by atoms with Crippen LogP contribution in [0.25, 0.3) is 6.08 Å². The van der Waals surface area contributed by atoms with Gasteiger partial charge < -0.3 is 19.5 Å². The molecule has 0 atom stereocenters. The van der Waals surface area contributed by atoms with E-state index in [-0.39, 0.29) is 11.3 Å². The lowest BCUT2D eigenvalue weighted by Crippen LogP contribution is -2.17. The van der Waals surface area contributed by atoms with E-state index in [9.17, 15) is 4.79 Å². The molecule has 7 heteroatoms. The third-order valence-electron chi connectivity index (χ3n) is 4.68. The van der Waals surface area contributed by atoms with Crippen LogP contribution in [0.5, 0.6) is 17.2 Å². The summed E-state index contributed by atoms with van der Waals surface area (Å²) in [5.41, 5.74) is 2.16. The van der Waals surface area contributed by atoms with Crippen molar-refractivity contribution in [1.82, 2.24) is 5.32 Å². The van der Waals surface area contributed by atoms with Gasteiger partial charge in [0.1, 0.15) is 10.1 Å². The standard InChI is InChI=1S/C24H27NO4S2/c1-24(2,3)17-9-11-18(12-10-17)28-13-6-14-29-21-16(7-5-8-19(21)27-4)15-20-22(26)25-23(30)31-20/h5,7-12,15H,6,13-14H2,1-4H3,(H,25,26,30). The number of methoxy groups -OCH3 is 1. The highest BCUT2D eigenvalue weighted by molar-refractivity contribution is 8.26. The van der Waals surface area contributed by atoms with Gasteiger partial charge in [-0.2, -0.15) is 0 Å². The predicted molar refractivity (Wildman–Crippen MR) is 130 cm³/mol. The summed E-state index contributed by atoms with van der Waals surface area (Å²) in [4.78, 5) is 12.5. The van der Waals surface area contributed by atoms with Crippen LogP contribution in [-0.2, 0) is 10.2 Å². The molecule has 0 aromatic heterocycles. The Labute approximate surface area is 193 Å². The van der Waals surface area contributed by atoms with Crippen molar-refractivity contribution in [3.63, 3.8) is 0 Å². The van der Waals surface area contributed by atoms with Crippen LogP contribution >= 0.6 is 24.0 Å². The van der Waals surface area contributed by atoms with E-state index in [1.165, 1.54) is 17.3 Å². The summed E-state index contributed by atoms with van der Waals surface area (Å²) in [6, 6.07) is 13.8. The molecule has 1 amide bonds. The van der Waals surface area contributed by atoms with Crippen molar-refractivity contribution in [2.24, 2.45) is 0 Å². The van der Waals surface area contributed by atoms with Crippen molar-refractivity contribution >= 4 is 40.3 Å². The number of carbonyl (C=O) groups excluding carboxylic acids is 1. The van der Waals surface area contributed by atoms with E-state index >= 15 is 0 Å². The molecule has 1 aliphatic heterocycles. The number of ether oxygens (including phenoxy) is 3. The highest BCUT2D eigenvalue weighted by atomic mass is 32.2. The first-order valence-electron chi connectivity index (χ1n) is 10.1. The van der Waals surface area contributed by atoms with Gasteiger partial charge in [-0.1, -0.05) is 69.0 Å². The van der Waals surface area contributed by atoms with Crippen LogP contribution in [0.15, 0.2) is 47.4 Å². The lowest BCUT2D eigenvalue weighted by molar-refractivity contribution is -0.115. The lowest BCUT2D eigenvalue weighted by atomic mass is 9.87. The molecule has 0 unspecified atom stereocenters. The Hall–Kier alpha value is -2.51. The minimum atomic E-state index is -0.199. The van der Waals surface area contributed by atoms with Crippen LogP contribution in [0, 0.1) is 0 Å². The smallest absolute Gasteiger partial charge is 0.263 e. The van der Waals surface area contributed by atoms with Gasteiger partial charge in [-0.25, -0.2) is 0 Å². The number of amides is 1. The minimum absolute atomic E-state index is 0.122. The van der Waals surface area contributed by atoms with Gasteiger partial charge in [0.25, 0.3) is 5.91 Å². The third-order valence-corrected chi connectivity index (χ3v) is 5.84. The van der Waals surface area contributed by atoms with Gasteiger partial charge >= 0.3 is 0 Å². The van der Waals surface area contributed by atoms with E-state index in [0.29, 0.717) is 40.4 Å². The molecule has 0 saturated carbocycles. The Morgan fingerprint density at radius 1 is 1.06 bits per heavy atom. The molecule has 0 spiro atoms. The van der Waals surface area contributed by atoms with Crippen LogP contribution in [0.4, 0.5) is 0 Å². The number of benzene rings is 2. The molecule has 31 heavy (non-hydrogen) atoms. The summed E-state index contributed by atoms with van der Waals surface area (Å²) < 4.78 is 17.7. The maximum Gasteiger partial charge on any atom is 0.263 e. The average molecular weight is 458 g/mol. The van der Waals surface area contributed by atoms with Gasteiger partial charge in [0, 0.05) is 12.0 Å². The molecular formula is C24H27NO4S2. The maximum absolute atomic E-state index is 12.0. The summed E-state index contributed by atoms with van der Waals surface area (Å²) in [5.74, 6) is 1.85. The topological polar surface area (TPSA) is 56.8 Å². The first-order valence-corrected chi connectivity index (χ1v) is 11.3. The Bertz CT molecular complexity index is 978. The largest absolute Gasteiger partial charge is 0.493 e. The number of thiocarbonyl (C=S) groups is 1. The second kappa shape index (κ2) is 10.2. The molecule has 2 aromatic rings. The number of nitrogens with one attached hydrogen (secondary N) is 1. The second-order valence-corrected chi connectivity index (χ2v) is 9.77. The zero-order chi connectivity index (χ0) is 22.4. The van der Waals surface area contributed by atoms with E-state index in [1.807, 2.05) is 30.3 Å². The molecule has 2 aromatic carbocycles. The number of carbonyl (C=O) groups is 1. The molecule has 0 radical (unpaired) electrons. The molecule has 5 nitrogen and oxygen atoms in total. The van der Waals surface area contributed by atoms with Crippen LogP contribution in [0.2, 0.25) is 0 Å². The predicted octanol–water partition coefficient (Wildman–Crippen LogP) is 5.33. The number of para-hydroxylation sites is 1. The molecule has 164 valence electrons. The second-order valence-electron chi connectivity index (χ2n) is 8.06. The number of hydrogen-bond donors (Lipinski definition) is 1. The fraction of sp³-hybridized carbons (Fsp3) is 0.333. The quantitative estimate of drug-likeness (QED) is 0.329. The van der Waals surface area contributed by atoms with E-state index in [4.69, 9.17) is 26.4 Å². The third kappa shape index (κ3) is 6.24. The van der Waals surface area contributed by atoms with Crippen LogP contribution < -0.4 is 19.5 Å². The number of thioether (sulfide) groups is 1. The van der Waals surface area contributed by atoms with Crippen molar-refractivity contribution in [1.29, 1.82) is 0 Å². The highest BCUT2D eigenvalue weighted by Gasteiger charge is 2.23. The Morgan fingerprint density at radius 2 is 1.77 bits per heavy atom. The fourth-order valence-corrected chi connectivity index (χ4v) is 4.03. The molecule has 1 heterocycles. The van der Waals surface area contributed by atoms with E-state index in [0.717, 1.165) is 11.3 Å². The molecule has 1 aliphatic rings. The van der Waals surface area contributed by atoms with E-state index < -0.39 is 0 Å². The lowest BCUT2D eigenvalue weighted by Gasteiger charge is -2.19. The Kier molecular flexibility index (Phi) is 7.62. The van der Waals surface area contributed by atoms with Crippen molar-refractivity contribution in [3.05, 3.63) is 58.5 Å². The zero-order valence-corrected chi connectivity index (χ0v) is 19.8. The summed E-state index contributed by atoms with van der Waals surface area (Å²) in [6.45, 7) is 7.55. The molecule has 0 aliphatic carbocycles. The minimum Gasteiger partial charge on any atom is -0.493 e. The summed E-state index contributed by atoms with van der Waals surface area (Å²) >= 11 is 6.29. The molecule has 3 rings (SSSR count). The van der Waals surface area contributed by atoms with Crippen molar-refractivity contribution in [2.45, 2.75) is 32.6 Å². The zero-order valence-electron chi connectivity index (χ0n) is 18.2. The average Bonchev–Trinajstić information content (AvgIpc) is 3.04. The number of hydrogen-bond acceptors (Lipinski definition) is 6. The molecular weight excluding hydrogens is 430 g/mol. The van der Waals surface area contributed by atoms with Gasteiger partial charge in [0.05, 0.1) is 25.2 Å². The Morgan fingerprint density at radius 3 is 2.39 bits per heavy atom. The van der Waals surface area contributed by atoms with E-state index in [1.54, 1.807) is 13.2 Å². The fourth-order valence-electron chi connectivity index (χ4n) is 3.00. The van der Waals surface area contributed by atoms with Crippen molar-refractivity contribution in [3.8, 4) is 17.2 Å². The first kappa shape index (κ1) is 23.2. The first-order chi connectivity index (χ1) is 14.8. The van der Waals surface area contributed by atoms with E-state index in [2.05, 4.69) is 38.2 Å². The summed E-state index contributed by atoms with van der Waals surface area (Å²) in [5, 5.41) is 2.62. The van der Waals surface area contributed by atoms with Gasteiger partial charge in [0.2, 0.25) is 0 Å². The number of rotatable bonds is 8. The molecule has 1 saturated heterocycles. The highest BCUT2D eigenvalue weighted by Crippen LogP contribution is 2.35. The summed E-state index contributed by atoms with van der Waals surface area (Å²) in [6.07, 6.45) is 2.47. The van der Waals surface area contributed by atoms with Crippen LogP contribution in [-0.4, -0.2) is 30.6 Å². The molecule has 0 bridgehead atoms. The summed E-state index contributed by atoms with van der Waals surface area (Å²) in [7, 11) is 1.59. The van der Waals surface area contributed by atoms with Crippen LogP contribution in [0.3, 0.4) is 0 Å². The SMILES string of the molecule is COc1cccc(C=C2SC(=S)NC2=O)c1OCCCOc1ccc(C(C)(C)C)cc1. The Balaban J connectivity index is 1.58. The monoisotopic (exact) mass is 457 g/mol. The van der Waals surface area contributed by atoms with Gasteiger partial charge in [0.15, 0.2) is 11.5 Å². The molecule has 1 N–H and O–H groups in total. The van der Waals surface area contributed by atoms with Gasteiger partial charge in [-0.3, -0.25) is 4.79 Å². The van der Waals surface area contributed by atoms with Crippen LogP contribution in [0.1, 0.15) is 38.3 Å². The van der Waals surface area contributed by atoms with Gasteiger partial charge in [-0.05, 0) is 35.3 Å². The van der Waals surface area contributed by atoms with Gasteiger partial charge in [-0.15, -0.1) is 0 Å². The normalized spacial score (nSPS) is 15.2. The molecule has 1 fully saturated rings. The van der Waals surface area contributed by atoms with Crippen molar-refractivity contribution < 1.29 is 19.0 Å².